The van der Waals surface area contributed by atoms with Gasteiger partial charge in [0.05, 0.1) is 18.0 Å². The van der Waals surface area contributed by atoms with Crippen LogP contribution >= 0.6 is 0 Å². The molecule has 19 heavy (non-hydrogen) atoms. The van der Waals surface area contributed by atoms with Crippen LogP contribution in [-0.4, -0.2) is 27.0 Å². The van der Waals surface area contributed by atoms with Crippen LogP contribution in [0.3, 0.4) is 0 Å². The van der Waals surface area contributed by atoms with Crippen molar-refractivity contribution in [2.24, 2.45) is 17.8 Å². The molecule has 1 atom stereocenters. The van der Waals surface area contributed by atoms with E-state index in [1.54, 1.807) is 0 Å². The molecule has 4 aliphatic rings. The molecule has 4 aliphatic carbocycles. The molecule has 0 aromatic carbocycles. The van der Waals surface area contributed by atoms with E-state index in [1.807, 2.05) is 6.07 Å². The van der Waals surface area contributed by atoms with Crippen LogP contribution in [0, 0.1) is 17.8 Å². The predicted octanol–water partition coefficient (Wildman–Crippen LogP) is 1.90. The molecule has 3 N–H and O–H groups in total. The van der Waals surface area contributed by atoms with Gasteiger partial charge in [0, 0.05) is 5.41 Å². The van der Waals surface area contributed by atoms with Crippen LogP contribution in [-0.2, 0) is 5.41 Å². The summed E-state index contributed by atoms with van der Waals surface area (Å²) < 4.78 is 0. The number of hydrogen-bond acceptors (Lipinski definition) is 3. The summed E-state index contributed by atoms with van der Waals surface area (Å²) in [7, 11) is 0. The highest BCUT2D eigenvalue weighted by molar-refractivity contribution is 5.25. The molecule has 4 bridgehead atoms. The van der Waals surface area contributed by atoms with Crippen LogP contribution in [0.15, 0.2) is 6.07 Å². The van der Waals surface area contributed by atoms with Gasteiger partial charge in [0.1, 0.15) is 6.10 Å². The molecule has 0 saturated heterocycles. The van der Waals surface area contributed by atoms with Crippen LogP contribution in [0.5, 0.6) is 0 Å². The summed E-state index contributed by atoms with van der Waals surface area (Å²) in [6.45, 7) is -0.248. The Kier molecular flexibility index (Phi) is 2.55. The smallest absolute Gasteiger partial charge is 0.118 e. The van der Waals surface area contributed by atoms with Gasteiger partial charge in [-0.1, -0.05) is 0 Å². The van der Waals surface area contributed by atoms with Gasteiger partial charge >= 0.3 is 0 Å². The first-order chi connectivity index (χ1) is 9.18. The molecule has 4 fully saturated rings. The molecule has 0 aliphatic heterocycles. The molecule has 4 heteroatoms. The SMILES string of the molecule is OCC(O)c1cc(C23CC4CC(CC(C4)C2)C3)n[nH]1. The summed E-state index contributed by atoms with van der Waals surface area (Å²) in [6, 6.07) is 1.99. The van der Waals surface area contributed by atoms with E-state index in [9.17, 15) is 5.11 Å². The summed E-state index contributed by atoms with van der Waals surface area (Å²) in [4.78, 5) is 0. The first-order valence-electron chi connectivity index (χ1n) is 7.53. The second kappa shape index (κ2) is 4.06. The van der Waals surface area contributed by atoms with Gasteiger partial charge in [-0.05, 0) is 62.3 Å². The highest BCUT2D eigenvalue weighted by Crippen LogP contribution is 2.60. The summed E-state index contributed by atoms with van der Waals surface area (Å²) in [5, 5.41) is 26.1. The van der Waals surface area contributed by atoms with Crippen LogP contribution in [0.2, 0.25) is 0 Å². The highest BCUT2D eigenvalue weighted by Gasteiger charge is 2.52. The molecule has 5 rings (SSSR count). The number of nitrogens with one attached hydrogen (secondary N) is 1. The van der Waals surface area contributed by atoms with Gasteiger partial charge in [0.15, 0.2) is 0 Å². The van der Waals surface area contributed by atoms with Crippen LogP contribution in [0.25, 0.3) is 0 Å². The lowest BCUT2D eigenvalue weighted by Gasteiger charge is -2.56. The fraction of sp³-hybridized carbons (Fsp3) is 0.800. The predicted molar refractivity (Wildman–Crippen MR) is 70.5 cm³/mol. The summed E-state index contributed by atoms with van der Waals surface area (Å²) in [6.07, 6.45) is 7.28. The van der Waals surface area contributed by atoms with Gasteiger partial charge in [0.25, 0.3) is 0 Å². The Bertz CT molecular complexity index is 447. The minimum atomic E-state index is -0.824. The summed E-state index contributed by atoms with van der Waals surface area (Å²) in [5.41, 5.74) is 2.06. The van der Waals surface area contributed by atoms with Gasteiger partial charge < -0.3 is 10.2 Å². The maximum Gasteiger partial charge on any atom is 0.118 e. The first-order valence-corrected chi connectivity index (χ1v) is 7.53. The van der Waals surface area contributed by atoms with E-state index >= 15 is 0 Å². The normalized spacial score (nSPS) is 41.7. The third-order valence-electron chi connectivity index (χ3n) is 5.71. The maximum atomic E-state index is 9.70. The van der Waals surface area contributed by atoms with E-state index in [1.165, 1.54) is 38.5 Å². The number of nitrogens with zero attached hydrogens (tertiary/aromatic N) is 1. The second-order valence-corrected chi connectivity index (χ2v) is 7.10. The molecule has 0 spiro atoms. The zero-order valence-electron chi connectivity index (χ0n) is 11.2. The summed E-state index contributed by atoms with van der Waals surface area (Å²) >= 11 is 0. The standard InChI is InChI=1S/C15H22N2O2/c18-8-13(19)12-4-14(17-16-12)15-5-9-1-10(6-15)3-11(2-9)7-15/h4,9-11,13,18-19H,1-3,5-8H2,(H,16,17). The lowest BCUT2D eigenvalue weighted by atomic mass is 9.49. The van der Waals surface area contributed by atoms with E-state index in [0.717, 1.165) is 23.4 Å². The maximum absolute atomic E-state index is 9.70. The largest absolute Gasteiger partial charge is 0.393 e. The molecule has 1 unspecified atom stereocenters. The molecule has 4 saturated carbocycles. The Hall–Kier alpha value is -0.870. The fourth-order valence-corrected chi connectivity index (χ4v) is 5.30. The molecule has 1 aromatic heterocycles. The van der Waals surface area contributed by atoms with Crippen molar-refractivity contribution in [3.8, 4) is 0 Å². The molecule has 104 valence electrons. The van der Waals surface area contributed by atoms with Gasteiger partial charge in [-0.3, -0.25) is 5.10 Å². The van der Waals surface area contributed by atoms with E-state index in [0.29, 0.717) is 5.69 Å². The Morgan fingerprint density at radius 1 is 1.21 bits per heavy atom. The minimum absolute atomic E-state index is 0.248. The number of aliphatic hydroxyl groups excluding tert-OH is 2. The van der Waals surface area contributed by atoms with E-state index in [4.69, 9.17) is 5.11 Å². The molecule has 1 heterocycles. The topological polar surface area (TPSA) is 69.1 Å². The number of rotatable bonds is 3. The molecular formula is C15H22N2O2. The van der Waals surface area contributed by atoms with Crippen LogP contribution in [0.1, 0.15) is 56.0 Å². The first kappa shape index (κ1) is 11.9. The van der Waals surface area contributed by atoms with Crippen molar-refractivity contribution < 1.29 is 10.2 Å². The Morgan fingerprint density at radius 2 is 1.79 bits per heavy atom. The Labute approximate surface area is 113 Å². The van der Waals surface area contributed by atoms with Crippen molar-refractivity contribution in [1.29, 1.82) is 0 Å². The van der Waals surface area contributed by atoms with Crippen molar-refractivity contribution in [3.63, 3.8) is 0 Å². The van der Waals surface area contributed by atoms with Crippen molar-refractivity contribution in [2.45, 2.75) is 50.0 Å². The molecule has 0 amide bonds. The third kappa shape index (κ3) is 1.77. The van der Waals surface area contributed by atoms with Crippen LogP contribution < -0.4 is 0 Å². The van der Waals surface area contributed by atoms with Crippen molar-refractivity contribution in [1.82, 2.24) is 10.2 Å². The summed E-state index contributed by atoms with van der Waals surface area (Å²) in [5.74, 6) is 2.69. The highest BCUT2D eigenvalue weighted by atomic mass is 16.3. The van der Waals surface area contributed by atoms with E-state index < -0.39 is 6.10 Å². The average Bonchev–Trinajstić information content (AvgIpc) is 2.86. The molecule has 1 aromatic rings. The van der Waals surface area contributed by atoms with E-state index in [2.05, 4.69) is 10.2 Å². The van der Waals surface area contributed by atoms with Crippen molar-refractivity contribution in [2.75, 3.05) is 6.61 Å². The zero-order chi connectivity index (χ0) is 13.0. The second-order valence-electron chi connectivity index (χ2n) is 7.10. The number of hydrogen-bond donors (Lipinski definition) is 3. The molecular weight excluding hydrogens is 240 g/mol. The Balaban J connectivity index is 1.66. The monoisotopic (exact) mass is 262 g/mol. The molecule has 4 nitrogen and oxygen atoms in total. The zero-order valence-corrected chi connectivity index (χ0v) is 11.2. The number of aliphatic hydroxyl groups is 2. The van der Waals surface area contributed by atoms with Crippen LogP contribution in [0.4, 0.5) is 0 Å². The van der Waals surface area contributed by atoms with E-state index in [-0.39, 0.29) is 12.0 Å². The fourth-order valence-electron chi connectivity index (χ4n) is 5.30. The number of aromatic nitrogens is 2. The lowest BCUT2D eigenvalue weighted by Crippen LogP contribution is -2.48. The minimum Gasteiger partial charge on any atom is -0.393 e. The lowest BCUT2D eigenvalue weighted by molar-refractivity contribution is -0.00723. The van der Waals surface area contributed by atoms with Crippen molar-refractivity contribution in [3.05, 3.63) is 17.5 Å². The number of aromatic amines is 1. The van der Waals surface area contributed by atoms with Crippen molar-refractivity contribution >= 4 is 0 Å². The quantitative estimate of drug-likeness (QED) is 0.779. The van der Waals surface area contributed by atoms with Gasteiger partial charge in [-0.15, -0.1) is 0 Å². The van der Waals surface area contributed by atoms with Gasteiger partial charge in [-0.25, -0.2) is 0 Å². The number of H-pyrrole nitrogens is 1. The molecule has 0 radical (unpaired) electrons. The van der Waals surface area contributed by atoms with Gasteiger partial charge in [-0.2, -0.15) is 5.10 Å². The Morgan fingerprint density at radius 3 is 2.32 bits per heavy atom. The van der Waals surface area contributed by atoms with Gasteiger partial charge in [0.2, 0.25) is 0 Å². The third-order valence-corrected chi connectivity index (χ3v) is 5.71. The average molecular weight is 262 g/mol.